The summed E-state index contributed by atoms with van der Waals surface area (Å²) in [4.78, 5) is 0. The monoisotopic (exact) mass is 255 g/mol. The molecule has 1 N–H and O–H groups in total. The van der Waals surface area contributed by atoms with E-state index in [9.17, 15) is 0 Å². The van der Waals surface area contributed by atoms with E-state index < -0.39 is 0 Å². The van der Waals surface area contributed by atoms with E-state index in [1.807, 2.05) is 12.1 Å². The lowest BCUT2D eigenvalue weighted by atomic mass is 10.2. The largest absolute Gasteiger partial charge is 0.494 e. The van der Waals surface area contributed by atoms with Gasteiger partial charge in [0, 0.05) is 12.2 Å². The summed E-state index contributed by atoms with van der Waals surface area (Å²) >= 11 is 0. The average Bonchev–Trinajstić information content (AvgIpc) is 2.41. The Morgan fingerprint density at radius 3 is 2.47 bits per heavy atom. The van der Waals surface area contributed by atoms with E-state index >= 15 is 0 Å². The molecule has 0 heterocycles. The van der Waals surface area contributed by atoms with E-state index in [0.717, 1.165) is 25.3 Å². The number of rotatable bonds is 6. The lowest BCUT2D eigenvalue weighted by Crippen LogP contribution is -2.07. The van der Waals surface area contributed by atoms with Crippen LogP contribution in [0.25, 0.3) is 0 Å². The molecule has 0 saturated heterocycles. The highest BCUT2D eigenvalue weighted by molar-refractivity contribution is 5.44. The van der Waals surface area contributed by atoms with Crippen LogP contribution in [0.3, 0.4) is 0 Å². The van der Waals surface area contributed by atoms with Crippen LogP contribution in [0.15, 0.2) is 48.5 Å². The van der Waals surface area contributed by atoms with Crippen molar-refractivity contribution in [3.8, 4) is 5.75 Å². The molecule has 0 aromatic heterocycles. The molecule has 100 valence electrons. The molecule has 0 amide bonds. The molecule has 2 heteroatoms. The van der Waals surface area contributed by atoms with Crippen molar-refractivity contribution in [2.45, 2.75) is 20.3 Å². The standard InChI is InChI=1S/C17H21NO/c1-14-7-9-16(10-8-14)18-11-4-12-19-17-6-3-5-15(2)13-17/h3,5-10,13,18H,4,11-12H2,1-2H3. The van der Waals surface area contributed by atoms with Gasteiger partial charge in [0.25, 0.3) is 0 Å². The average molecular weight is 255 g/mol. The van der Waals surface area contributed by atoms with Crippen molar-refractivity contribution in [2.75, 3.05) is 18.5 Å². The summed E-state index contributed by atoms with van der Waals surface area (Å²) in [5, 5.41) is 3.39. The highest BCUT2D eigenvalue weighted by Crippen LogP contribution is 2.12. The topological polar surface area (TPSA) is 21.3 Å². The maximum atomic E-state index is 5.70. The minimum Gasteiger partial charge on any atom is -0.494 e. The second-order valence-electron chi connectivity index (χ2n) is 4.81. The molecule has 2 nitrogen and oxygen atoms in total. The minimum absolute atomic E-state index is 0.738. The summed E-state index contributed by atoms with van der Waals surface area (Å²) in [6.45, 7) is 5.84. The predicted molar refractivity (Wildman–Crippen MR) is 81.0 cm³/mol. The molecule has 0 bridgehead atoms. The zero-order valence-electron chi connectivity index (χ0n) is 11.6. The first-order valence-corrected chi connectivity index (χ1v) is 6.74. The van der Waals surface area contributed by atoms with Gasteiger partial charge in [0.15, 0.2) is 0 Å². The zero-order chi connectivity index (χ0) is 13.5. The van der Waals surface area contributed by atoms with Crippen molar-refractivity contribution in [2.24, 2.45) is 0 Å². The van der Waals surface area contributed by atoms with Crippen LogP contribution in [-0.2, 0) is 0 Å². The Labute approximate surface area is 115 Å². The fraction of sp³-hybridized carbons (Fsp3) is 0.294. The van der Waals surface area contributed by atoms with Gasteiger partial charge in [0.05, 0.1) is 6.61 Å². The number of hydrogen-bond acceptors (Lipinski definition) is 2. The SMILES string of the molecule is Cc1ccc(NCCCOc2cccc(C)c2)cc1. The molecule has 0 spiro atoms. The molecule has 0 saturated carbocycles. The van der Waals surface area contributed by atoms with E-state index in [0.29, 0.717) is 0 Å². The fourth-order valence-electron chi connectivity index (χ4n) is 1.87. The second kappa shape index (κ2) is 6.83. The first-order valence-electron chi connectivity index (χ1n) is 6.74. The number of anilines is 1. The Balaban J connectivity index is 1.66. The molecule has 0 aliphatic heterocycles. The highest BCUT2D eigenvalue weighted by Gasteiger charge is 1.95. The Morgan fingerprint density at radius 1 is 0.947 bits per heavy atom. The molecule has 19 heavy (non-hydrogen) atoms. The number of ether oxygens (including phenoxy) is 1. The lowest BCUT2D eigenvalue weighted by Gasteiger charge is -2.08. The fourth-order valence-corrected chi connectivity index (χ4v) is 1.87. The Hall–Kier alpha value is -1.96. The number of benzene rings is 2. The summed E-state index contributed by atoms with van der Waals surface area (Å²) in [7, 11) is 0. The van der Waals surface area contributed by atoms with Crippen molar-refractivity contribution in [3.63, 3.8) is 0 Å². The second-order valence-corrected chi connectivity index (χ2v) is 4.81. The normalized spacial score (nSPS) is 10.2. The van der Waals surface area contributed by atoms with E-state index in [4.69, 9.17) is 4.74 Å². The molecule has 0 atom stereocenters. The summed E-state index contributed by atoms with van der Waals surface area (Å²) in [5.41, 5.74) is 3.68. The first-order chi connectivity index (χ1) is 9.24. The van der Waals surface area contributed by atoms with Crippen LogP contribution in [-0.4, -0.2) is 13.2 Å². The van der Waals surface area contributed by atoms with Crippen molar-refractivity contribution >= 4 is 5.69 Å². The molecular formula is C17H21NO. The number of hydrogen-bond donors (Lipinski definition) is 1. The molecule has 0 fully saturated rings. The van der Waals surface area contributed by atoms with Crippen LogP contribution >= 0.6 is 0 Å². The Bertz CT molecular complexity index is 505. The smallest absolute Gasteiger partial charge is 0.119 e. The molecular weight excluding hydrogens is 234 g/mol. The van der Waals surface area contributed by atoms with Gasteiger partial charge in [0.1, 0.15) is 5.75 Å². The molecule has 2 aromatic carbocycles. The van der Waals surface area contributed by atoms with Crippen molar-refractivity contribution in [3.05, 3.63) is 59.7 Å². The molecule has 2 aromatic rings. The van der Waals surface area contributed by atoms with E-state index in [1.54, 1.807) is 0 Å². The van der Waals surface area contributed by atoms with Crippen LogP contribution in [0.1, 0.15) is 17.5 Å². The first kappa shape index (κ1) is 13.5. The maximum absolute atomic E-state index is 5.70. The lowest BCUT2D eigenvalue weighted by molar-refractivity contribution is 0.315. The number of aryl methyl sites for hydroxylation is 2. The number of nitrogens with one attached hydrogen (secondary N) is 1. The van der Waals surface area contributed by atoms with Gasteiger partial charge in [-0.15, -0.1) is 0 Å². The highest BCUT2D eigenvalue weighted by atomic mass is 16.5. The van der Waals surface area contributed by atoms with Gasteiger partial charge in [-0.25, -0.2) is 0 Å². The third-order valence-corrected chi connectivity index (χ3v) is 2.96. The van der Waals surface area contributed by atoms with Gasteiger partial charge >= 0.3 is 0 Å². The van der Waals surface area contributed by atoms with Gasteiger partial charge in [-0.3, -0.25) is 0 Å². The summed E-state index contributed by atoms with van der Waals surface area (Å²) in [5.74, 6) is 0.954. The zero-order valence-corrected chi connectivity index (χ0v) is 11.6. The summed E-state index contributed by atoms with van der Waals surface area (Å²) in [6, 6.07) is 16.6. The minimum atomic E-state index is 0.738. The van der Waals surface area contributed by atoms with Crippen molar-refractivity contribution in [1.82, 2.24) is 0 Å². The van der Waals surface area contributed by atoms with Gasteiger partial charge in [-0.05, 0) is 50.1 Å². The maximum Gasteiger partial charge on any atom is 0.119 e. The molecule has 0 unspecified atom stereocenters. The Morgan fingerprint density at radius 2 is 1.74 bits per heavy atom. The summed E-state index contributed by atoms with van der Waals surface area (Å²) in [6.07, 6.45) is 0.988. The third kappa shape index (κ3) is 4.66. The summed E-state index contributed by atoms with van der Waals surface area (Å²) < 4.78 is 5.70. The van der Waals surface area contributed by atoms with Gasteiger partial charge in [0.2, 0.25) is 0 Å². The molecule has 2 rings (SSSR count). The molecule has 0 aliphatic carbocycles. The van der Waals surface area contributed by atoms with E-state index in [2.05, 4.69) is 55.6 Å². The van der Waals surface area contributed by atoms with Gasteiger partial charge < -0.3 is 10.1 Å². The van der Waals surface area contributed by atoms with Crippen LogP contribution in [0, 0.1) is 13.8 Å². The van der Waals surface area contributed by atoms with Crippen molar-refractivity contribution in [1.29, 1.82) is 0 Å². The van der Waals surface area contributed by atoms with Crippen LogP contribution in [0.5, 0.6) is 5.75 Å². The van der Waals surface area contributed by atoms with E-state index in [-0.39, 0.29) is 0 Å². The quantitative estimate of drug-likeness (QED) is 0.782. The molecule has 0 radical (unpaired) electrons. The van der Waals surface area contributed by atoms with Gasteiger partial charge in [-0.1, -0.05) is 29.8 Å². The van der Waals surface area contributed by atoms with Crippen LogP contribution in [0.4, 0.5) is 5.69 Å². The van der Waals surface area contributed by atoms with Crippen LogP contribution in [0.2, 0.25) is 0 Å². The van der Waals surface area contributed by atoms with Gasteiger partial charge in [-0.2, -0.15) is 0 Å². The predicted octanol–water partition coefficient (Wildman–Crippen LogP) is 4.18. The Kier molecular flexibility index (Phi) is 4.85. The van der Waals surface area contributed by atoms with Crippen LogP contribution < -0.4 is 10.1 Å². The van der Waals surface area contributed by atoms with Crippen molar-refractivity contribution < 1.29 is 4.74 Å². The molecule has 0 aliphatic rings. The van der Waals surface area contributed by atoms with E-state index in [1.165, 1.54) is 16.8 Å². The third-order valence-electron chi connectivity index (χ3n) is 2.96.